The first-order valence-corrected chi connectivity index (χ1v) is 12.1. The topological polar surface area (TPSA) is 93.2 Å². The highest BCUT2D eigenvalue weighted by Gasteiger charge is 2.24. The van der Waals surface area contributed by atoms with Gasteiger partial charge in [0.05, 0.1) is 7.11 Å². The van der Waals surface area contributed by atoms with E-state index in [1.54, 1.807) is 31.4 Å². The van der Waals surface area contributed by atoms with Crippen molar-refractivity contribution in [1.82, 2.24) is 10.2 Å². The zero-order valence-corrected chi connectivity index (χ0v) is 20.2. The molecule has 0 aliphatic carbocycles. The molecule has 2 N–H and O–H groups in total. The molecule has 1 unspecified atom stereocenters. The van der Waals surface area contributed by atoms with Gasteiger partial charge in [0.25, 0.3) is 0 Å². The smallest absolute Gasteiger partial charge is 0.242 e. The summed E-state index contributed by atoms with van der Waals surface area (Å²) in [5.74, 6) is 0.497. The van der Waals surface area contributed by atoms with Gasteiger partial charge in [0.1, 0.15) is 11.0 Å². The average Bonchev–Trinajstić information content (AvgIpc) is 3.30. The highest BCUT2D eigenvalue weighted by Crippen LogP contribution is 2.39. The van der Waals surface area contributed by atoms with Crippen molar-refractivity contribution in [2.24, 2.45) is 0 Å². The highest BCUT2D eigenvalue weighted by atomic mass is 32.2. The van der Waals surface area contributed by atoms with E-state index in [-0.39, 0.29) is 11.7 Å². The number of hydrogen-bond donors (Lipinski definition) is 2. The summed E-state index contributed by atoms with van der Waals surface area (Å²) >= 11 is 2.69. The van der Waals surface area contributed by atoms with Crippen molar-refractivity contribution < 1.29 is 14.3 Å². The Balaban J connectivity index is 1.51. The largest absolute Gasteiger partial charge is 0.497 e. The van der Waals surface area contributed by atoms with Crippen LogP contribution >= 0.6 is 23.1 Å². The normalized spacial score (nSPS) is 11.5. The number of carbonyl (C=O) groups is 2. The predicted octanol–water partition coefficient (Wildman–Crippen LogP) is 5.97. The van der Waals surface area contributed by atoms with Gasteiger partial charge in [-0.15, -0.1) is 10.2 Å². The molecule has 0 fully saturated rings. The third-order valence-electron chi connectivity index (χ3n) is 4.84. The summed E-state index contributed by atoms with van der Waals surface area (Å²) in [5, 5.41) is 14.7. The summed E-state index contributed by atoms with van der Waals surface area (Å²) in [6.45, 7) is 1.50. The Kier molecular flexibility index (Phi) is 7.56. The summed E-state index contributed by atoms with van der Waals surface area (Å²) < 4.78 is 5.83. The summed E-state index contributed by atoms with van der Waals surface area (Å²) in [6, 6.07) is 23.9. The maximum Gasteiger partial charge on any atom is 0.242 e. The lowest BCUT2D eigenvalue weighted by molar-refractivity contribution is -0.115. The Bertz CT molecular complexity index is 1280. The Morgan fingerprint density at radius 2 is 1.71 bits per heavy atom. The minimum Gasteiger partial charge on any atom is -0.497 e. The highest BCUT2D eigenvalue weighted by molar-refractivity contribution is 8.02. The van der Waals surface area contributed by atoms with Crippen LogP contribution in [0.2, 0.25) is 0 Å². The van der Waals surface area contributed by atoms with Crippen LogP contribution in [-0.4, -0.2) is 29.0 Å². The van der Waals surface area contributed by atoms with E-state index in [1.807, 2.05) is 54.6 Å². The van der Waals surface area contributed by atoms with Crippen molar-refractivity contribution in [3.05, 3.63) is 90.0 Å². The van der Waals surface area contributed by atoms with Crippen molar-refractivity contribution in [2.45, 2.75) is 16.5 Å². The van der Waals surface area contributed by atoms with Crippen LogP contribution in [0.4, 0.5) is 16.5 Å². The minimum atomic E-state index is -0.552. The van der Waals surface area contributed by atoms with Gasteiger partial charge < -0.3 is 15.4 Å². The fourth-order valence-corrected chi connectivity index (χ4v) is 5.10. The van der Waals surface area contributed by atoms with Gasteiger partial charge in [-0.2, -0.15) is 0 Å². The summed E-state index contributed by atoms with van der Waals surface area (Å²) in [5.41, 5.74) is 2.81. The monoisotopic (exact) mass is 490 g/mol. The lowest BCUT2D eigenvalue weighted by Gasteiger charge is -2.16. The second kappa shape index (κ2) is 11.0. The molecule has 0 aliphatic heterocycles. The molecule has 0 radical (unpaired) electrons. The lowest BCUT2D eigenvalue weighted by atomic mass is 10.1. The number of rotatable bonds is 9. The van der Waals surface area contributed by atoms with Gasteiger partial charge in [0.2, 0.25) is 11.0 Å². The van der Waals surface area contributed by atoms with Crippen LogP contribution in [0.5, 0.6) is 5.75 Å². The van der Waals surface area contributed by atoms with Crippen LogP contribution in [0.1, 0.15) is 28.1 Å². The van der Waals surface area contributed by atoms with E-state index < -0.39 is 5.25 Å². The molecule has 7 nitrogen and oxygen atoms in total. The molecule has 9 heteroatoms. The molecule has 1 heterocycles. The molecule has 1 aromatic heterocycles. The second-order valence-electron chi connectivity index (χ2n) is 7.26. The van der Waals surface area contributed by atoms with Crippen LogP contribution in [0.15, 0.2) is 83.2 Å². The summed E-state index contributed by atoms with van der Waals surface area (Å²) in [4.78, 5) is 25.0. The number of thioether (sulfide) groups is 1. The fraction of sp³-hybridized carbons (Fsp3) is 0.120. The van der Waals surface area contributed by atoms with E-state index in [4.69, 9.17) is 4.74 Å². The third kappa shape index (κ3) is 6.00. The Morgan fingerprint density at radius 3 is 2.41 bits per heavy atom. The predicted molar refractivity (Wildman–Crippen MR) is 136 cm³/mol. The van der Waals surface area contributed by atoms with Gasteiger partial charge in [-0.1, -0.05) is 65.6 Å². The van der Waals surface area contributed by atoms with Crippen LogP contribution in [0.3, 0.4) is 0 Å². The number of nitrogens with zero attached hydrogens (tertiary/aromatic N) is 2. The third-order valence-corrected chi connectivity index (χ3v) is 7.02. The van der Waals surface area contributed by atoms with Crippen molar-refractivity contribution in [3.8, 4) is 5.75 Å². The zero-order chi connectivity index (χ0) is 23.9. The quantitative estimate of drug-likeness (QED) is 0.221. The van der Waals surface area contributed by atoms with Crippen molar-refractivity contribution in [1.29, 1.82) is 0 Å². The molecule has 0 saturated heterocycles. The van der Waals surface area contributed by atoms with Gasteiger partial charge in [-0.05, 0) is 48.9 Å². The maximum absolute atomic E-state index is 13.3. The minimum absolute atomic E-state index is 0.0594. The molecule has 0 spiro atoms. The maximum atomic E-state index is 13.3. The summed E-state index contributed by atoms with van der Waals surface area (Å²) in [7, 11) is 1.62. The first-order chi connectivity index (χ1) is 16.5. The van der Waals surface area contributed by atoms with E-state index in [0.717, 1.165) is 17.0 Å². The molecule has 0 saturated carbocycles. The Labute approximate surface area is 205 Å². The van der Waals surface area contributed by atoms with Crippen LogP contribution in [-0.2, 0) is 4.79 Å². The summed E-state index contributed by atoms with van der Waals surface area (Å²) in [6.07, 6.45) is 0. The van der Waals surface area contributed by atoms with E-state index in [1.165, 1.54) is 30.0 Å². The van der Waals surface area contributed by atoms with Crippen molar-refractivity contribution in [2.75, 3.05) is 17.7 Å². The lowest BCUT2D eigenvalue weighted by Crippen LogP contribution is -2.19. The standard InChI is InChI=1S/C25H22N4O3S2/c1-16(30)18-9-6-10-20(15-18)26-23(31)22(17-7-4-3-5-8-17)33-25-29-28-24(34-25)27-19-11-13-21(32-2)14-12-19/h3-15,22H,1-2H3,(H,26,31)(H,27,28). The number of nitrogens with one attached hydrogen (secondary N) is 2. The van der Waals surface area contributed by atoms with Gasteiger partial charge >= 0.3 is 0 Å². The molecule has 0 bridgehead atoms. The molecule has 3 aromatic carbocycles. The van der Waals surface area contributed by atoms with Crippen molar-refractivity contribution in [3.63, 3.8) is 0 Å². The first kappa shape index (κ1) is 23.5. The average molecular weight is 491 g/mol. The fourth-order valence-electron chi connectivity index (χ4n) is 3.13. The molecule has 4 aromatic rings. The van der Waals surface area contributed by atoms with Crippen LogP contribution in [0, 0.1) is 0 Å². The number of aromatic nitrogens is 2. The Hall–Kier alpha value is -3.69. The van der Waals surface area contributed by atoms with E-state index in [9.17, 15) is 9.59 Å². The number of Topliss-reactive ketones (excluding diaryl/α,β-unsaturated/α-hetero) is 1. The molecule has 4 rings (SSSR count). The van der Waals surface area contributed by atoms with E-state index in [2.05, 4.69) is 20.8 Å². The van der Waals surface area contributed by atoms with Gasteiger partial charge in [-0.25, -0.2) is 0 Å². The number of methoxy groups -OCH3 is 1. The number of anilines is 3. The number of carbonyl (C=O) groups excluding carboxylic acids is 2. The number of ether oxygens (including phenoxy) is 1. The molecule has 172 valence electrons. The second-order valence-corrected chi connectivity index (χ2v) is 9.59. The van der Waals surface area contributed by atoms with Gasteiger partial charge in [0, 0.05) is 16.9 Å². The molecule has 34 heavy (non-hydrogen) atoms. The number of amides is 1. The molecular formula is C25H22N4O3S2. The van der Waals surface area contributed by atoms with Crippen molar-refractivity contribution >= 4 is 51.3 Å². The molecule has 0 aliphatic rings. The number of hydrogen-bond acceptors (Lipinski definition) is 8. The number of ketones is 1. The van der Waals surface area contributed by atoms with Gasteiger partial charge in [0.15, 0.2) is 10.1 Å². The number of benzene rings is 3. The SMILES string of the molecule is COc1ccc(Nc2nnc(SC(C(=O)Nc3cccc(C(C)=O)c3)c3ccccc3)s2)cc1. The zero-order valence-electron chi connectivity index (χ0n) is 18.5. The molecule has 1 amide bonds. The van der Waals surface area contributed by atoms with E-state index in [0.29, 0.717) is 20.7 Å². The Morgan fingerprint density at radius 1 is 0.941 bits per heavy atom. The molecular weight excluding hydrogens is 468 g/mol. The van der Waals surface area contributed by atoms with Crippen LogP contribution in [0.25, 0.3) is 0 Å². The van der Waals surface area contributed by atoms with Crippen LogP contribution < -0.4 is 15.4 Å². The van der Waals surface area contributed by atoms with Gasteiger partial charge in [-0.3, -0.25) is 9.59 Å². The first-order valence-electron chi connectivity index (χ1n) is 10.4. The van der Waals surface area contributed by atoms with E-state index >= 15 is 0 Å². The molecule has 1 atom stereocenters.